The summed E-state index contributed by atoms with van der Waals surface area (Å²) >= 11 is 0. The Morgan fingerprint density at radius 2 is 2.15 bits per heavy atom. The summed E-state index contributed by atoms with van der Waals surface area (Å²) in [7, 11) is 0. The molecule has 1 aliphatic heterocycles. The quantitative estimate of drug-likeness (QED) is 0.632. The second-order valence-electron chi connectivity index (χ2n) is 2.79. The Morgan fingerprint density at radius 3 is 2.85 bits per heavy atom. The van der Waals surface area contributed by atoms with Gasteiger partial charge in [-0.1, -0.05) is 0 Å². The first-order valence-corrected chi connectivity index (χ1v) is 3.58. The van der Waals surface area contributed by atoms with E-state index in [0.29, 0.717) is 0 Å². The Labute approximate surface area is 71.6 Å². The number of alkyl halides is 3. The molecule has 1 unspecified atom stereocenters. The van der Waals surface area contributed by atoms with Crippen molar-refractivity contribution in [1.29, 1.82) is 0 Å². The van der Waals surface area contributed by atoms with Crippen LogP contribution in [0.15, 0.2) is 23.3 Å². The minimum absolute atomic E-state index is 0.141. The van der Waals surface area contributed by atoms with Gasteiger partial charge in [0, 0.05) is 18.2 Å². The predicted molar refractivity (Wildman–Crippen MR) is 35.9 cm³/mol. The summed E-state index contributed by atoms with van der Waals surface area (Å²) in [6, 6.07) is 0. The fraction of sp³-hybridized carbons (Fsp3) is 0.429. The molecule has 0 aromatic carbocycles. The number of ether oxygens (including phenoxy) is 2. The Bertz CT molecular complexity index is 311. The molecule has 2 rings (SSSR count). The van der Waals surface area contributed by atoms with Crippen molar-refractivity contribution in [2.75, 3.05) is 0 Å². The number of nitrogens with two attached hydrogens (primary N) is 1. The normalized spacial score (nSPS) is 30.4. The minimum Gasteiger partial charge on any atom is -0.402 e. The highest BCUT2D eigenvalue weighted by molar-refractivity contribution is 5.30. The van der Waals surface area contributed by atoms with Crippen molar-refractivity contribution >= 4 is 0 Å². The van der Waals surface area contributed by atoms with Crippen LogP contribution in [0.3, 0.4) is 0 Å². The number of rotatable bonds is 0. The average molecular weight is 193 g/mol. The fourth-order valence-electron chi connectivity index (χ4n) is 1.22. The molecule has 1 aliphatic carbocycles. The Morgan fingerprint density at radius 1 is 1.46 bits per heavy atom. The molecule has 0 aromatic rings. The highest BCUT2D eigenvalue weighted by Crippen LogP contribution is 2.40. The highest BCUT2D eigenvalue weighted by Gasteiger charge is 2.48. The summed E-state index contributed by atoms with van der Waals surface area (Å²) in [5.41, 5.74) is 5.44. The van der Waals surface area contributed by atoms with E-state index in [4.69, 9.17) is 5.73 Å². The van der Waals surface area contributed by atoms with E-state index in [1.165, 1.54) is 0 Å². The third kappa shape index (κ3) is 1.32. The van der Waals surface area contributed by atoms with Gasteiger partial charge in [-0.2, -0.15) is 0 Å². The van der Waals surface area contributed by atoms with Crippen molar-refractivity contribution < 1.29 is 22.6 Å². The van der Waals surface area contributed by atoms with Crippen molar-refractivity contribution in [3.63, 3.8) is 0 Å². The molecule has 2 aliphatic rings. The second-order valence-corrected chi connectivity index (χ2v) is 2.79. The van der Waals surface area contributed by atoms with Gasteiger partial charge < -0.3 is 15.2 Å². The number of allylic oxidation sites excluding steroid dienone is 3. The van der Waals surface area contributed by atoms with Gasteiger partial charge in [0.2, 0.25) is 0 Å². The maximum absolute atomic E-state index is 13.0. The molecule has 13 heavy (non-hydrogen) atoms. The van der Waals surface area contributed by atoms with Crippen LogP contribution < -0.4 is 5.73 Å². The van der Waals surface area contributed by atoms with Gasteiger partial charge in [0.15, 0.2) is 17.7 Å². The lowest BCUT2D eigenvalue weighted by Gasteiger charge is -2.12. The van der Waals surface area contributed by atoms with E-state index in [2.05, 4.69) is 9.47 Å². The molecule has 0 amide bonds. The van der Waals surface area contributed by atoms with Gasteiger partial charge >= 0.3 is 6.29 Å². The summed E-state index contributed by atoms with van der Waals surface area (Å²) < 4.78 is 45.8. The van der Waals surface area contributed by atoms with Crippen LogP contribution in [0, 0.1) is 0 Å². The van der Waals surface area contributed by atoms with Crippen LogP contribution in [-0.2, 0) is 9.47 Å². The molecule has 0 saturated carbocycles. The van der Waals surface area contributed by atoms with E-state index >= 15 is 0 Å². The zero-order valence-electron chi connectivity index (χ0n) is 6.39. The second kappa shape index (κ2) is 2.34. The van der Waals surface area contributed by atoms with E-state index < -0.39 is 18.2 Å². The minimum atomic E-state index is -3.77. The molecule has 3 nitrogen and oxygen atoms in total. The molecule has 0 radical (unpaired) electrons. The third-order valence-corrected chi connectivity index (χ3v) is 1.72. The van der Waals surface area contributed by atoms with Crippen LogP contribution in [0.2, 0.25) is 0 Å². The van der Waals surface area contributed by atoms with Crippen molar-refractivity contribution in [1.82, 2.24) is 0 Å². The van der Waals surface area contributed by atoms with Crippen LogP contribution in [0.25, 0.3) is 0 Å². The molecule has 6 heteroatoms. The molecule has 1 heterocycles. The Kier molecular flexibility index (Phi) is 1.49. The maximum Gasteiger partial charge on any atom is 0.586 e. The SMILES string of the molecule is NC1=CC2=C(OC(F)(F)O2)C(F)C1. The number of hydrogen-bond donors (Lipinski definition) is 1. The molecule has 72 valence electrons. The molecule has 0 aromatic heterocycles. The summed E-state index contributed by atoms with van der Waals surface area (Å²) in [5.74, 6) is -0.791. The van der Waals surface area contributed by atoms with Crippen LogP contribution >= 0.6 is 0 Å². The first-order valence-electron chi connectivity index (χ1n) is 3.58. The smallest absolute Gasteiger partial charge is 0.402 e. The van der Waals surface area contributed by atoms with Gasteiger partial charge in [0.05, 0.1) is 0 Å². The van der Waals surface area contributed by atoms with Crippen LogP contribution in [0.4, 0.5) is 13.2 Å². The third-order valence-electron chi connectivity index (χ3n) is 1.72. The van der Waals surface area contributed by atoms with Crippen LogP contribution in [-0.4, -0.2) is 12.5 Å². The largest absolute Gasteiger partial charge is 0.586 e. The molecule has 0 bridgehead atoms. The zero-order chi connectivity index (χ0) is 9.64. The fourth-order valence-corrected chi connectivity index (χ4v) is 1.22. The van der Waals surface area contributed by atoms with Crippen molar-refractivity contribution in [2.24, 2.45) is 5.73 Å². The Balaban J connectivity index is 2.31. The summed E-state index contributed by atoms with van der Waals surface area (Å²) in [4.78, 5) is 0. The average Bonchev–Trinajstić information content (AvgIpc) is 2.23. The first-order chi connectivity index (χ1) is 5.98. The molecular weight excluding hydrogens is 187 g/mol. The maximum atomic E-state index is 13.0. The van der Waals surface area contributed by atoms with Gasteiger partial charge in [-0.25, -0.2) is 4.39 Å². The summed E-state index contributed by atoms with van der Waals surface area (Å²) in [5, 5.41) is 0. The highest BCUT2D eigenvalue weighted by atomic mass is 19.3. The zero-order valence-corrected chi connectivity index (χ0v) is 6.39. The standard InChI is InChI=1S/C7H6F3NO2/c8-4-1-3(11)2-5-6(4)13-7(9,10)12-5/h2,4H,1,11H2. The summed E-state index contributed by atoms with van der Waals surface area (Å²) in [6.45, 7) is 0. The molecule has 0 spiro atoms. The van der Waals surface area contributed by atoms with Crippen LogP contribution in [0.1, 0.15) is 6.42 Å². The van der Waals surface area contributed by atoms with Crippen molar-refractivity contribution in [3.05, 3.63) is 23.3 Å². The lowest BCUT2D eigenvalue weighted by Crippen LogP contribution is -2.19. The van der Waals surface area contributed by atoms with Crippen molar-refractivity contribution in [2.45, 2.75) is 18.9 Å². The van der Waals surface area contributed by atoms with E-state index in [1.807, 2.05) is 0 Å². The van der Waals surface area contributed by atoms with Gasteiger partial charge in [0.25, 0.3) is 0 Å². The monoisotopic (exact) mass is 193 g/mol. The molecule has 1 atom stereocenters. The van der Waals surface area contributed by atoms with E-state index in [0.717, 1.165) is 6.08 Å². The van der Waals surface area contributed by atoms with Gasteiger partial charge in [-0.3, -0.25) is 0 Å². The lowest BCUT2D eigenvalue weighted by atomic mass is 10.1. The summed E-state index contributed by atoms with van der Waals surface area (Å²) in [6.07, 6.45) is -4.41. The first kappa shape index (κ1) is 8.28. The van der Waals surface area contributed by atoms with Gasteiger partial charge in [-0.15, -0.1) is 8.78 Å². The van der Waals surface area contributed by atoms with E-state index in [9.17, 15) is 13.2 Å². The molecular formula is C7H6F3NO2. The predicted octanol–water partition coefficient (Wildman–Crippen LogP) is 1.38. The number of hydrogen-bond acceptors (Lipinski definition) is 3. The van der Waals surface area contributed by atoms with E-state index in [1.54, 1.807) is 0 Å². The molecule has 0 saturated heterocycles. The Hall–Kier alpha value is -1.33. The van der Waals surface area contributed by atoms with Gasteiger partial charge in [-0.05, 0) is 0 Å². The lowest BCUT2D eigenvalue weighted by molar-refractivity contribution is -0.337. The van der Waals surface area contributed by atoms with Crippen LogP contribution in [0.5, 0.6) is 0 Å². The molecule has 2 N–H and O–H groups in total. The van der Waals surface area contributed by atoms with Crippen molar-refractivity contribution in [3.8, 4) is 0 Å². The number of halogens is 3. The van der Waals surface area contributed by atoms with Gasteiger partial charge in [0.1, 0.15) is 0 Å². The van der Waals surface area contributed by atoms with E-state index in [-0.39, 0.29) is 17.9 Å². The topological polar surface area (TPSA) is 44.5 Å². The molecule has 0 fully saturated rings.